The minimum absolute atomic E-state index is 0.00511. The summed E-state index contributed by atoms with van der Waals surface area (Å²) in [4.78, 5) is 18.7. The van der Waals surface area contributed by atoms with E-state index < -0.39 is 17.5 Å². The number of anilines is 1. The van der Waals surface area contributed by atoms with Crippen LogP contribution in [0.1, 0.15) is 69.0 Å². The number of aryl methyl sites for hydroxylation is 1. The molecule has 4 unspecified atom stereocenters. The SMILES string of the molecule is COC1CC(N2CCCC3(COc4nc(N5CCOCC(C)(O)C5)c5c(n4)=C(F)C(c4c(Cl)c(C)cc6c4=CN=6)NC=5)CCCC23)C1. The Morgan fingerprint density at radius 3 is 2.81 bits per heavy atom. The minimum Gasteiger partial charge on any atom is -0.463 e. The maximum absolute atomic E-state index is 16.9. The summed E-state index contributed by atoms with van der Waals surface area (Å²) < 4.78 is 34.8. The van der Waals surface area contributed by atoms with Crippen molar-refractivity contribution in [2.24, 2.45) is 10.4 Å². The largest absolute Gasteiger partial charge is 0.463 e. The van der Waals surface area contributed by atoms with Crippen LogP contribution >= 0.6 is 11.6 Å². The van der Waals surface area contributed by atoms with E-state index in [-0.39, 0.29) is 29.9 Å². The van der Waals surface area contributed by atoms with Gasteiger partial charge in [-0.25, -0.2) is 4.39 Å². The van der Waals surface area contributed by atoms with Gasteiger partial charge in [0.2, 0.25) is 0 Å². The quantitative estimate of drug-likeness (QED) is 0.458. The van der Waals surface area contributed by atoms with E-state index in [0.717, 1.165) is 61.2 Å². The van der Waals surface area contributed by atoms with Gasteiger partial charge in [-0.3, -0.25) is 9.89 Å². The monoisotopic (exact) mass is 666 g/mol. The van der Waals surface area contributed by atoms with Gasteiger partial charge in [0.25, 0.3) is 0 Å². The lowest BCUT2D eigenvalue weighted by Gasteiger charge is -2.53. The zero-order valence-corrected chi connectivity index (χ0v) is 28.2. The van der Waals surface area contributed by atoms with E-state index in [4.69, 9.17) is 35.8 Å². The molecule has 1 aromatic carbocycles. The second kappa shape index (κ2) is 11.9. The van der Waals surface area contributed by atoms with E-state index in [2.05, 4.69) is 15.2 Å². The number of nitrogens with zero attached hydrogens (tertiary/aromatic N) is 5. The number of hydrogen-bond donors (Lipinski definition) is 2. The number of halogens is 2. The van der Waals surface area contributed by atoms with Crippen LogP contribution in [-0.4, -0.2) is 90.3 Å². The van der Waals surface area contributed by atoms with E-state index in [9.17, 15) is 5.11 Å². The molecule has 6 aliphatic rings. The van der Waals surface area contributed by atoms with Gasteiger partial charge in [-0.15, -0.1) is 0 Å². The predicted octanol–water partition coefficient (Wildman–Crippen LogP) is 1.75. The molecule has 5 heterocycles. The fourth-order valence-electron chi connectivity index (χ4n) is 8.82. The van der Waals surface area contributed by atoms with Crippen LogP contribution in [0.4, 0.5) is 10.2 Å². The first-order valence-corrected chi connectivity index (χ1v) is 17.4. The normalized spacial score (nSPS) is 33.1. The van der Waals surface area contributed by atoms with Crippen LogP contribution < -0.4 is 36.1 Å². The lowest BCUT2D eigenvalue weighted by molar-refractivity contribution is -0.0845. The molecule has 252 valence electrons. The third kappa shape index (κ3) is 5.42. The fraction of sp³-hybridized carbons (Fsp3) is 0.629. The summed E-state index contributed by atoms with van der Waals surface area (Å²) in [5.74, 6) is 0.0508. The topological polar surface area (TPSA) is 105 Å². The van der Waals surface area contributed by atoms with Crippen molar-refractivity contribution in [2.75, 3.05) is 51.5 Å². The zero-order chi connectivity index (χ0) is 32.5. The minimum atomic E-state index is -1.11. The Kier molecular flexibility index (Phi) is 7.99. The Hall–Kier alpha value is -2.83. The smallest absolute Gasteiger partial charge is 0.319 e. The predicted molar refractivity (Wildman–Crippen MR) is 177 cm³/mol. The van der Waals surface area contributed by atoms with E-state index in [0.29, 0.717) is 59.6 Å². The van der Waals surface area contributed by atoms with Gasteiger partial charge in [0.15, 0.2) is 5.83 Å². The van der Waals surface area contributed by atoms with Crippen molar-refractivity contribution in [3.63, 3.8) is 0 Å². The number of β-amino-alcohol motifs (C(OH)–C–C–N with tert-alkyl or cyclic N) is 1. The van der Waals surface area contributed by atoms with Crippen molar-refractivity contribution in [1.29, 1.82) is 0 Å². The van der Waals surface area contributed by atoms with Gasteiger partial charge in [0, 0.05) is 59.4 Å². The summed E-state index contributed by atoms with van der Waals surface area (Å²) in [5.41, 5.74) is 0.379. The molecule has 0 radical (unpaired) electrons. The summed E-state index contributed by atoms with van der Waals surface area (Å²) in [5, 5.41) is 17.1. The van der Waals surface area contributed by atoms with E-state index >= 15 is 4.39 Å². The molecular formula is C35H44ClFN6O4. The molecule has 2 saturated carbocycles. The molecule has 2 saturated heterocycles. The highest BCUT2D eigenvalue weighted by Crippen LogP contribution is 2.50. The van der Waals surface area contributed by atoms with Crippen LogP contribution in [0.5, 0.6) is 6.01 Å². The average Bonchev–Trinajstić information content (AvgIpc) is 3.37. The first-order valence-electron chi connectivity index (χ1n) is 17.0. The van der Waals surface area contributed by atoms with Gasteiger partial charge in [0.05, 0.1) is 43.0 Å². The van der Waals surface area contributed by atoms with Crippen LogP contribution in [0.3, 0.4) is 0 Å². The Morgan fingerprint density at radius 2 is 2.02 bits per heavy atom. The van der Waals surface area contributed by atoms with Crippen molar-refractivity contribution in [3.05, 3.63) is 43.4 Å². The number of rotatable bonds is 7. The van der Waals surface area contributed by atoms with Crippen molar-refractivity contribution < 1.29 is 23.7 Å². The molecule has 4 aliphatic heterocycles. The molecule has 47 heavy (non-hydrogen) atoms. The van der Waals surface area contributed by atoms with Gasteiger partial charge < -0.3 is 29.5 Å². The summed E-state index contributed by atoms with van der Waals surface area (Å²) in [6.45, 7) is 6.60. The standard InChI is InChI=1S/C35H44ClFN6O4/c1-20-12-25-23(15-38-25)27(28(20)36)31-29(37)30-24(16-39-31)32(42-10-11-46-18-34(2,44)17-42)41-33(40-30)47-19-35-7-4-6-26(35)43(9-5-8-35)21-13-22(14-21)45-3/h12,15-16,21-22,26,31,39,44H,4-11,13-14,17-19H2,1-3H3. The third-order valence-electron chi connectivity index (χ3n) is 11.4. The van der Waals surface area contributed by atoms with Crippen molar-refractivity contribution in [3.8, 4) is 6.01 Å². The summed E-state index contributed by atoms with van der Waals surface area (Å²) in [7, 11) is 1.81. The molecule has 4 atom stereocenters. The van der Waals surface area contributed by atoms with E-state index in [1.165, 1.54) is 6.42 Å². The van der Waals surface area contributed by atoms with Crippen molar-refractivity contribution in [2.45, 2.75) is 88.6 Å². The second-order valence-electron chi connectivity index (χ2n) is 14.7. The second-order valence-corrected chi connectivity index (χ2v) is 15.0. The number of nitrogens with one attached hydrogen (secondary N) is 1. The number of likely N-dealkylation sites (tertiary alicyclic amines) is 1. The fourth-order valence-corrected chi connectivity index (χ4v) is 9.09. The van der Waals surface area contributed by atoms with E-state index in [1.54, 1.807) is 19.3 Å². The average molecular weight is 667 g/mol. The van der Waals surface area contributed by atoms with Gasteiger partial charge in [-0.1, -0.05) is 18.0 Å². The molecule has 2 aliphatic carbocycles. The Bertz CT molecular complexity index is 1830. The molecule has 10 nitrogen and oxygen atoms in total. The van der Waals surface area contributed by atoms with Crippen LogP contribution in [0, 0.1) is 12.3 Å². The summed E-state index contributed by atoms with van der Waals surface area (Å²) in [6.07, 6.45) is 11.7. The van der Waals surface area contributed by atoms with Crippen LogP contribution in [0.2, 0.25) is 5.02 Å². The van der Waals surface area contributed by atoms with Gasteiger partial charge in [-0.2, -0.15) is 9.97 Å². The van der Waals surface area contributed by atoms with Gasteiger partial charge in [-0.05, 0) is 70.5 Å². The van der Waals surface area contributed by atoms with Crippen LogP contribution in [0.25, 0.3) is 18.2 Å². The Balaban J connectivity index is 1.17. The maximum atomic E-state index is 16.9. The number of ether oxygens (including phenoxy) is 3. The van der Waals surface area contributed by atoms with Crippen LogP contribution in [-0.2, 0) is 9.47 Å². The number of fused-ring (bicyclic) bond motifs is 3. The number of aromatic nitrogens is 2. The number of methoxy groups -OCH3 is 1. The molecule has 1 aromatic heterocycles. The van der Waals surface area contributed by atoms with Crippen molar-refractivity contribution >= 4 is 35.6 Å². The highest BCUT2D eigenvalue weighted by molar-refractivity contribution is 6.32. The summed E-state index contributed by atoms with van der Waals surface area (Å²) in [6, 6.07) is 2.24. The molecule has 8 rings (SSSR count). The zero-order valence-electron chi connectivity index (χ0n) is 27.4. The number of benzene rings is 1. The van der Waals surface area contributed by atoms with E-state index in [1.807, 2.05) is 25.0 Å². The Labute approximate surface area is 279 Å². The Morgan fingerprint density at radius 1 is 1.19 bits per heavy atom. The molecule has 4 fully saturated rings. The first-order chi connectivity index (χ1) is 22.7. The first kappa shape index (κ1) is 31.4. The number of piperidine rings is 1. The molecule has 0 bridgehead atoms. The molecular weight excluding hydrogens is 623 g/mol. The third-order valence-corrected chi connectivity index (χ3v) is 11.9. The molecule has 12 heteroatoms. The van der Waals surface area contributed by atoms with Crippen molar-refractivity contribution in [1.82, 2.24) is 20.2 Å². The lowest BCUT2D eigenvalue weighted by Crippen LogP contribution is -2.59. The summed E-state index contributed by atoms with van der Waals surface area (Å²) >= 11 is 6.80. The number of hydrogen-bond acceptors (Lipinski definition) is 10. The highest BCUT2D eigenvalue weighted by Gasteiger charge is 2.51. The highest BCUT2D eigenvalue weighted by atomic mass is 35.5. The molecule has 2 N–H and O–H groups in total. The van der Waals surface area contributed by atoms with Crippen LogP contribution in [0.15, 0.2) is 11.1 Å². The maximum Gasteiger partial charge on any atom is 0.319 e. The molecule has 0 spiro atoms. The lowest BCUT2D eigenvalue weighted by atomic mass is 9.73. The number of aliphatic hydroxyl groups is 1. The molecule has 0 amide bonds. The van der Waals surface area contributed by atoms with Gasteiger partial charge in [0.1, 0.15) is 22.8 Å². The molecule has 2 aromatic rings. The van der Waals surface area contributed by atoms with Gasteiger partial charge >= 0.3 is 6.01 Å².